The molecule has 144 valence electrons. The van der Waals surface area contributed by atoms with Gasteiger partial charge in [-0.05, 0) is 37.3 Å². The minimum atomic E-state index is -0.805. The molecule has 3 aliphatic rings. The number of carbonyl (C=O) groups excluding carboxylic acids is 2. The number of carbonyl (C=O) groups is 2. The van der Waals surface area contributed by atoms with E-state index in [9.17, 15) is 9.59 Å². The summed E-state index contributed by atoms with van der Waals surface area (Å²) in [5.74, 6) is 0.522. The lowest BCUT2D eigenvalue weighted by molar-refractivity contribution is -0.212. The Balaban J connectivity index is 1.59. The van der Waals surface area contributed by atoms with E-state index < -0.39 is 17.0 Å². The van der Waals surface area contributed by atoms with Crippen molar-refractivity contribution in [3.8, 4) is 0 Å². The highest BCUT2D eigenvalue weighted by atomic mass is 31.0. The molecule has 1 aromatic rings. The van der Waals surface area contributed by atoms with Crippen LogP contribution in [0.2, 0.25) is 0 Å². The van der Waals surface area contributed by atoms with Gasteiger partial charge in [0.05, 0.1) is 0 Å². The largest absolute Gasteiger partial charge is 0.455 e. The van der Waals surface area contributed by atoms with Crippen LogP contribution in [0.5, 0.6) is 0 Å². The van der Waals surface area contributed by atoms with Crippen molar-refractivity contribution in [2.75, 3.05) is 0 Å². The smallest absolute Gasteiger partial charge is 0.331 e. The lowest BCUT2D eigenvalue weighted by Crippen LogP contribution is -2.57. The van der Waals surface area contributed by atoms with Crippen LogP contribution in [-0.2, 0) is 19.1 Å². The van der Waals surface area contributed by atoms with Crippen LogP contribution in [0.25, 0.3) is 6.08 Å². The highest BCUT2D eigenvalue weighted by Crippen LogP contribution is 2.61. The minimum Gasteiger partial charge on any atom is -0.455 e. The highest BCUT2D eigenvalue weighted by molar-refractivity contribution is 7.19. The van der Waals surface area contributed by atoms with Gasteiger partial charge in [0, 0.05) is 24.3 Å². The molecule has 0 aromatic heterocycles. The first kappa shape index (κ1) is 18.8. The summed E-state index contributed by atoms with van der Waals surface area (Å²) in [5, 5.41) is -0.805. The fourth-order valence-corrected chi connectivity index (χ4v) is 6.16. The molecule has 0 spiro atoms. The molecule has 1 saturated carbocycles. The Morgan fingerprint density at radius 1 is 1.33 bits per heavy atom. The van der Waals surface area contributed by atoms with Gasteiger partial charge in [0.15, 0.2) is 5.78 Å². The normalized spacial score (nSPS) is 40.3. The molecule has 4 rings (SSSR count). The summed E-state index contributed by atoms with van der Waals surface area (Å²) in [7, 11) is 2.70. The van der Waals surface area contributed by atoms with E-state index in [1.165, 1.54) is 6.08 Å². The van der Waals surface area contributed by atoms with Gasteiger partial charge in [-0.2, -0.15) is 0 Å². The second-order valence-electron chi connectivity index (χ2n) is 8.30. The van der Waals surface area contributed by atoms with E-state index in [-0.39, 0.29) is 30.0 Å². The molecule has 2 bridgehead atoms. The molecule has 2 heterocycles. The molecule has 2 saturated heterocycles. The van der Waals surface area contributed by atoms with E-state index in [0.29, 0.717) is 5.92 Å². The molecule has 4 nitrogen and oxygen atoms in total. The molecule has 2 aliphatic heterocycles. The van der Waals surface area contributed by atoms with Crippen LogP contribution >= 0.6 is 9.24 Å². The van der Waals surface area contributed by atoms with Gasteiger partial charge < -0.3 is 9.47 Å². The number of hydrogen-bond donors (Lipinski definition) is 0. The molecule has 27 heavy (non-hydrogen) atoms. The first-order chi connectivity index (χ1) is 12.9. The minimum absolute atomic E-state index is 0.127. The van der Waals surface area contributed by atoms with Crippen molar-refractivity contribution < 1.29 is 19.1 Å². The van der Waals surface area contributed by atoms with Crippen LogP contribution in [0.4, 0.5) is 0 Å². The van der Waals surface area contributed by atoms with Crippen LogP contribution in [0, 0.1) is 17.8 Å². The third-order valence-electron chi connectivity index (χ3n) is 6.77. The van der Waals surface area contributed by atoms with Crippen LogP contribution in [0.1, 0.15) is 45.1 Å². The van der Waals surface area contributed by atoms with Gasteiger partial charge >= 0.3 is 5.97 Å². The first-order valence-corrected chi connectivity index (χ1v) is 10.4. The van der Waals surface area contributed by atoms with Gasteiger partial charge in [-0.3, -0.25) is 4.79 Å². The zero-order chi connectivity index (χ0) is 19.2. The summed E-state index contributed by atoms with van der Waals surface area (Å²) >= 11 is 0. The second kappa shape index (κ2) is 6.83. The van der Waals surface area contributed by atoms with Crippen molar-refractivity contribution in [3.05, 3.63) is 42.0 Å². The average Bonchev–Trinajstić information content (AvgIpc) is 3.17. The number of ketones is 1. The summed E-state index contributed by atoms with van der Waals surface area (Å²) in [6, 6.07) is 9.67. The fraction of sp³-hybridized carbons (Fsp3) is 0.545. The Morgan fingerprint density at radius 3 is 2.78 bits per heavy atom. The van der Waals surface area contributed by atoms with E-state index in [1.54, 1.807) is 6.08 Å². The number of benzene rings is 1. The van der Waals surface area contributed by atoms with Crippen LogP contribution in [0.3, 0.4) is 0 Å². The lowest BCUT2D eigenvalue weighted by atomic mass is 9.73. The Labute approximate surface area is 162 Å². The Hall–Kier alpha value is -1.51. The van der Waals surface area contributed by atoms with Gasteiger partial charge in [-0.25, -0.2) is 4.79 Å². The monoisotopic (exact) mass is 386 g/mol. The van der Waals surface area contributed by atoms with Gasteiger partial charge in [-0.15, -0.1) is 0 Å². The third kappa shape index (κ3) is 3.07. The summed E-state index contributed by atoms with van der Waals surface area (Å²) in [5.41, 5.74) is 0.211. The SMILES string of the molecule is CCC1CCC2C1C(OC(=O)/C=C/c1ccccc1)C1(P)CC(=O)C2(C)O1. The van der Waals surface area contributed by atoms with Crippen molar-refractivity contribution in [3.63, 3.8) is 0 Å². The zero-order valence-electron chi connectivity index (χ0n) is 15.9. The summed E-state index contributed by atoms with van der Waals surface area (Å²) in [6.45, 7) is 4.11. The number of ether oxygens (including phenoxy) is 2. The van der Waals surface area contributed by atoms with Crippen molar-refractivity contribution in [1.82, 2.24) is 0 Å². The standard InChI is InChI=1S/C22H27O4P/c1-3-15-10-11-16-19(15)20(22(27)13-17(23)21(16,2)26-22)25-18(24)12-9-14-7-5-4-6-8-14/h4-9,12,15-16,19-20H,3,10-11,13,27H2,1-2H3/b12-9+. The second-order valence-corrected chi connectivity index (χ2v) is 9.27. The van der Waals surface area contributed by atoms with E-state index in [0.717, 1.165) is 24.8 Å². The van der Waals surface area contributed by atoms with Crippen molar-refractivity contribution in [1.29, 1.82) is 0 Å². The van der Waals surface area contributed by atoms with E-state index in [4.69, 9.17) is 9.47 Å². The van der Waals surface area contributed by atoms with Crippen molar-refractivity contribution >= 4 is 27.1 Å². The third-order valence-corrected chi connectivity index (χ3v) is 7.42. The Kier molecular flexibility index (Phi) is 4.76. The molecule has 0 N–H and O–H groups in total. The molecule has 7 atom stereocenters. The maximum Gasteiger partial charge on any atom is 0.331 e. The molecule has 1 aliphatic carbocycles. The maximum absolute atomic E-state index is 12.8. The Morgan fingerprint density at radius 2 is 2.07 bits per heavy atom. The molecule has 3 fully saturated rings. The predicted octanol–water partition coefficient (Wildman–Crippen LogP) is 4.00. The van der Waals surface area contributed by atoms with Gasteiger partial charge in [0.25, 0.3) is 0 Å². The summed E-state index contributed by atoms with van der Waals surface area (Å²) < 4.78 is 12.2. The van der Waals surface area contributed by atoms with Crippen LogP contribution in [-0.4, -0.2) is 28.8 Å². The molecule has 1 aromatic carbocycles. The quantitative estimate of drug-likeness (QED) is 0.446. The van der Waals surface area contributed by atoms with Gasteiger partial charge in [0.1, 0.15) is 17.0 Å². The van der Waals surface area contributed by atoms with E-state index in [1.807, 2.05) is 37.3 Å². The lowest BCUT2D eigenvalue weighted by Gasteiger charge is -2.49. The molecule has 7 unspecified atom stereocenters. The molecule has 5 heteroatoms. The van der Waals surface area contributed by atoms with Crippen LogP contribution in [0.15, 0.2) is 36.4 Å². The number of fused-ring (bicyclic) bond motifs is 4. The number of rotatable bonds is 4. The molecular formula is C22H27O4P. The van der Waals surface area contributed by atoms with Crippen LogP contribution < -0.4 is 0 Å². The molecule has 0 amide bonds. The first-order valence-electron chi connectivity index (χ1n) is 9.83. The Bertz CT molecular complexity index is 776. The number of hydrogen-bond acceptors (Lipinski definition) is 4. The van der Waals surface area contributed by atoms with Crippen molar-refractivity contribution in [2.45, 2.75) is 56.6 Å². The highest BCUT2D eigenvalue weighted by Gasteiger charge is 2.69. The average molecular weight is 386 g/mol. The summed E-state index contributed by atoms with van der Waals surface area (Å²) in [4.78, 5) is 25.4. The van der Waals surface area contributed by atoms with Crippen molar-refractivity contribution in [2.24, 2.45) is 17.8 Å². The number of esters is 1. The molecule has 0 radical (unpaired) electrons. The topological polar surface area (TPSA) is 52.6 Å². The zero-order valence-corrected chi connectivity index (χ0v) is 17.0. The maximum atomic E-state index is 12.8. The van der Waals surface area contributed by atoms with Gasteiger partial charge in [-0.1, -0.05) is 52.9 Å². The predicted molar refractivity (Wildman–Crippen MR) is 107 cm³/mol. The fourth-order valence-electron chi connectivity index (χ4n) is 5.44. The van der Waals surface area contributed by atoms with Gasteiger partial charge in [0.2, 0.25) is 0 Å². The number of Topliss-reactive ketones (excluding diaryl/α,β-unsaturated/α-hetero) is 1. The van der Waals surface area contributed by atoms with E-state index in [2.05, 4.69) is 16.2 Å². The van der Waals surface area contributed by atoms with E-state index >= 15 is 0 Å². The molecular weight excluding hydrogens is 359 g/mol. The summed E-state index contributed by atoms with van der Waals surface area (Å²) in [6.07, 6.45) is 6.16.